The monoisotopic (exact) mass is 227 g/mol. The molecule has 0 bridgehead atoms. The fraction of sp³-hybridized carbons (Fsp3) is 0.286. The number of aryl methyl sites for hydroxylation is 2. The quantitative estimate of drug-likeness (QED) is 0.871. The molecule has 0 saturated carbocycles. The molecular formula is C14H17N3. The second kappa shape index (κ2) is 5.55. The standard InChI is InChI=1S/C14H17N3/c1-11-5-13(8-16-6-11)9-17-10-14-3-4-15-7-12(14)2/h3-8,17H,9-10H2,1-2H3. The zero-order valence-corrected chi connectivity index (χ0v) is 10.3. The third kappa shape index (κ3) is 3.36. The molecule has 3 heteroatoms. The van der Waals surface area contributed by atoms with Gasteiger partial charge >= 0.3 is 0 Å². The Morgan fingerprint density at radius 1 is 1.06 bits per heavy atom. The zero-order valence-electron chi connectivity index (χ0n) is 10.3. The second-order valence-corrected chi connectivity index (χ2v) is 4.28. The van der Waals surface area contributed by atoms with Crippen LogP contribution in [0, 0.1) is 13.8 Å². The predicted molar refractivity (Wildman–Crippen MR) is 68.5 cm³/mol. The molecule has 0 aliphatic heterocycles. The summed E-state index contributed by atoms with van der Waals surface area (Å²) in [5.74, 6) is 0. The molecule has 17 heavy (non-hydrogen) atoms. The van der Waals surface area contributed by atoms with Crippen LogP contribution in [0.1, 0.15) is 22.3 Å². The van der Waals surface area contributed by atoms with Gasteiger partial charge in [0.2, 0.25) is 0 Å². The summed E-state index contributed by atoms with van der Waals surface area (Å²) in [7, 11) is 0. The van der Waals surface area contributed by atoms with E-state index in [4.69, 9.17) is 0 Å². The highest BCUT2D eigenvalue weighted by Crippen LogP contribution is 2.05. The minimum absolute atomic E-state index is 0.844. The fourth-order valence-electron chi connectivity index (χ4n) is 1.76. The van der Waals surface area contributed by atoms with Crippen molar-refractivity contribution in [3.05, 3.63) is 59.2 Å². The Balaban J connectivity index is 1.90. The molecule has 2 aromatic rings. The normalized spacial score (nSPS) is 10.5. The van der Waals surface area contributed by atoms with Crippen LogP contribution in [-0.4, -0.2) is 9.97 Å². The first kappa shape index (κ1) is 11.7. The topological polar surface area (TPSA) is 37.8 Å². The summed E-state index contributed by atoms with van der Waals surface area (Å²) in [5, 5.41) is 3.42. The summed E-state index contributed by atoms with van der Waals surface area (Å²) in [6.07, 6.45) is 7.50. The van der Waals surface area contributed by atoms with Gasteiger partial charge in [-0.2, -0.15) is 0 Å². The number of aromatic nitrogens is 2. The van der Waals surface area contributed by atoms with Crippen molar-refractivity contribution >= 4 is 0 Å². The molecule has 0 unspecified atom stereocenters. The molecule has 88 valence electrons. The van der Waals surface area contributed by atoms with Gasteiger partial charge in [0.05, 0.1) is 0 Å². The van der Waals surface area contributed by atoms with Gasteiger partial charge in [0.25, 0.3) is 0 Å². The first-order chi connectivity index (χ1) is 8.25. The van der Waals surface area contributed by atoms with E-state index in [9.17, 15) is 0 Å². The molecule has 0 atom stereocenters. The highest BCUT2D eigenvalue weighted by atomic mass is 14.9. The molecule has 2 aromatic heterocycles. The first-order valence-corrected chi connectivity index (χ1v) is 5.76. The molecule has 0 saturated heterocycles. The van der Waals surface area contributed by atoms with E-state index in [0.717, 1.165) is 13.1 Å². The third-order valence-corrected chi connectivity index (χ3v) is 2.71. The van der Waals surface area contributed by atoms with Gasteiger partial charge in [0.1, 0.15) is 0 Å². The van der Waals surface area contributed by atoms with E-state index in [1.54, 1.807) is 0 Å². The molecule has 1 N–H and O–H groups in total. The lowest BCUT2D eigenvalue weighted by atomic mass is 10.1. The highest BCUT2D eigenvalue weighted by molar-refractivity contribution is 5.21. The molecular weight excluding hydrogens is 210 g/mol. The average Bonchev–Trinajstić information content (AvgIpc) is 2.32. The molecule has 0 aromatic carbocycles. The maximum atomic E-state index is 4.18. The molecule has 0 spiro atoms. The van der Waals surface area contributed by atoms with Crippen molar-refractivity contribution in [3.63, 3.8) is 0 Å². The van der Waals surface area contributed by atoms with Crippen LogP contribution in [-0.2, 0) is 13.1 Å². The van der Waals surface area contributed by atoms with Crippen LogP contribution in [0.5, 0.6) is 0 Å². The van der Waals surface area contributed by atoms with Crippen molar-refractivity contribution in [2.24, 2.45) is 0 Å². The Morgan fingerprint density at radius 3 is 2.71 bits per heavy atom. The third-order valence-electron chi connectivity index (χ3n) is 2.71. The van der Waals surface area contributed by atoms with Crippen molar-refractivity contribution in [2.75, 3.05) is 0 Å². The maximum Gasteiger partial charge on any atom is 0.0313 e. The summed E-state index contributed by atoms with van der Waals surface area (Å²) in [6, 6.07) is 4.20. The van der Waals surface area contributed by atoms with Gasteiger partial charge < -0.3 is 5.32 Å². The molecule has 2 heterocycles. The molecule has 0 radical (unpaired) electrons. The van der Waals surface area contributed by atoms with Gasteiger partial charge in [0.15, 0.2) is 0 Å². The van der Waals surface area contributed by atoms with Gasteiger partial charge in [-0.25, -0.2) is 0 Å². The van der Waals surface area contributed by atoms with Crippen molar-refractivity contribution < 1.29 is 0 Å². The average molecular weight is 227 g/mol. The number of hydrogen-bond donors (Lipinski definition) is 1. The van der Waals surface area contributed by atoms with E-state index >= 15 is 0 Å². The van der Waals surface area contributed by atoms with E-state index in [0.29, 0.717) is 0 Å². The van der Waals surface area contributed by atoms with Crippen LogP contribution in [0.15, 0.2) is 36.9 Å². The predicted octanol–water partition coefficient (Wildman–Crippen LogP) is 2.38. The number of rotatable bonds is 4. The van der Waals surface area contributed by atoms with Gasteiger partial charge in [-0.1, -0.05) is 6.07 Å². The van der Waals surface area contributed by atoms with Crippen molar-refractivity contribution in [3.8, 4) is 0 Å². The van der Waals surface area contributed by atoms with E-state index in [1.807, 2.05) is 24.8 Å². The SMILES string of the molecule is Cc1cncc(CNCc2ccncc2C)c1. The van der Waals surface area contributed by atoms with Crippen molar-refractivity contribution in [2.45, 2.75) is 26.9 Å². The van der Waals surface area contributed by atoms with Gasteiger partial charge in [-0.15, -0.1) is 0 Å². The Morgan fingerprint density at radius 2 is 1.94 bits per heavy atom. The van der Waals surface area contributed by atoms with E-state index in [1.165, 1.54) is 22.3 Å². The number of hydrogen-bond acceptors (Lipinski definition) is 3. The lowest BCUT2D eigenvalue weighted by Crippen LogP contribution is -2.13. The fourth-order valence-corrected chi connectivity index (χ4v) is 1.76. The Kier molecular flexibility index (Phi) is 3.83. The second-order valence-electron chi connectivity index (χ2n) is 4.28. The summed E-state index contributed by atoms with van der Waals surface area (Å²) < 4.78 is 0. The maximum absolute atomic E-state index is 4.18. The molecule has 0 aliphatic carbocycles. The lowest BCUT2D eigenvalue weighted by Gasteiger charge is -2.07. The molecule has 0 amide bonds. The molecule has 0 aliphatic rings. The summed E-state index contributed by atoms with van der Waals surface area (Å²) in [4.78, 5) is 8.26. The zero-order chi connectivity index (χ0) is 12.1. The van der Waals surface area contributed by atoms with Crippen molar-refractivity contribution in [1.29, 1.82) is 0 Å². The highest BCUT2D eigenvalue weighted by Gasteiger charge is 1.98. The van der Waals surface area contributed by atoms with Crippen LogP contribution >= 0.6 is 0 Å². The summed E-state index contributed by atoms with van der Waals surface area (Å²) >= 11 is 0. The Labute approximate surface area is 102 Å². The minimum Gasteiger partial charge on any atom is -0.309 e. The van der Waals surface area contributed by atoms with Gasteiger partial charge in [-0.3, -0.25) is 9.97 Å². The smallest absolute Gasteiger partial charge is 0.0313 e. The molecule has 2 rings (SSSR count). The van der Waals surface area contributed by atoms with Crippen molar-refractivity contribution in [1.82, 2.24) is 15.3 Å². The lowest BCUT2D eigenvalue weighted by molar-refractivity contribution is 0.687. The summed E-state index contributed by atoms with van der Waals surface area (Å²) in [5.41, 5.74) is 4.93. The number of pyridine rings is 2. The van der Waals surface area contributed by atoms with Crippen LogP contribution in [0.25, 0.3) is 0 Å². The van der Waals surface area contributed by atoms with Crippen LogP contribution in [0.2, 0.25) is 0 Å². The first-order valence-electron chi connectivity index (χ1n) is 5.76. The number of nitrogens with zero attached hydrogens (tertiary/aromatic N) is 2. The number of nitrogens with one attached hydrogen (secondary N) is 1. The van der Waals surface area contributed by atoms with Gasteiger partial charge in [0, 0.05) is 37.9 Å². The largest absolute Gasteiger partial charge is 0.309 e. The van der Waals surface area contributed by atoms with Crippen LogP contribution in [0.4, 0.5) is 0 Å². The van der Waals surface area contributed by atoms with Gasteiger partial charge in [-0.05, 0) is 42.2 Å². The van der Waals surface area contributed by atoms with Crippen LogP contribution < -0.4 is 5.32 Å². The van der Waals surface area contributed by atoms with E-state index < -0.39 is 0 Å². The minimum atomic E-state index is 0.844. The molecule has 0 fully saturated rings. The van der Waals surface area contributed by atoms with E-state index in [2.05, 4.69) is 41.3 Å². The Hall–Kier alpha value is -1.74. The van der Waals surface area contributed by atoms with Crippen LogP contribution in [0.3, 0.4) is 0 Å². The Bertz CT molecular complexity index is 494. The summed E-state index contributed by atoms with van der Waals surface area (Å²) in [6.45, 7) is 5.85. The van der Waals surface area contributed by atoms with E-state index in [-0.39, 0.29) is 0 Å². The molecule has 3 nitrogen and oxygen atoms in total.